The predicted molar refractivity (Wildman–Crippen MR) is 118 cm³/mol. The lowest BCUT2D eigenvalue weighted by atomic mass is 9.98. The molecule has 31 heavy (non-hydrogen) atoms. The molecule has 0 saturated carbocycles. The van der Waals surface area contributed by atoms with Crippen LogP contribution in [0.15, 0.2) is 66.9 Å². The number of carbonyl (C=O) groups is 2. The van der Waals surface area contributed by atoms with E-state index in [4.69, 9.17) is 21.4 Å². The maximum atomic E-state index is 12.2. The zero-order valence-corrected chi connectivity index (χ0v) is 17.2. The number of nitrogens with one attached hydrogen (secondary N) is 1. The third-order valence-corrected chi connectivity index (χ3v) is 5.43. The molecule has 156 valence electrons. The van der Waals surface area contributed by atoms with Crippen molar-refractivity contribution in [2.75, 3.05) is 13.2 Å². The molecule has 6 nitrogen and oxygen atoms in total. The van der Waals surface area contributed by atoms with Gasteiger partial charge in [-0.1, -0.05) is 72.3 Å². The molecule has 0 radical (unpaired) electrons. The number of benzene rings is 2. The Labute approximate surface area is 184 Å². The monoisotopic (exact) mass is 434 g/mol. The highest BCUT2D eigenvalue weighted by molar-refractivity contribution is 6.30. The summed E-state index contributed by atoms with van der Waals surface area (Å²) in [6.07, 6.45) is 3.91. The molecule has 0 saturated heterocycles. The molecule has 1 aromatic heterocycles. The van der Waals surface area contributed by atoms with Crippen LogP contribution in [0.4, 0.5) is 4.79 Å². The summed E-state index contributed by atoms with van der Waals surface area (Å²) >= 11 is 5.98. The minimum atomic E-state index is -1.09. The van der Waals surface area contributed by atoms with Crippen molar-refractivity contribution in [3.8, 4) is 11.1 Å². The molecule has 1 heterocycles. The number of rotatable bonds is 6. The molecule has 7 heteroatoms. The average molecular weight is 435 g/mol. The van der Waals surface area contributed by atoms with E-state index < -0.39 is 12.1 Å². The Balaban J connectivity index is 1.34. The first-order chi connectivity index (χ1) is 15.0. The Hall–Kier alpha value is -3.64. The first-order valence-corrected chi connectivity index (χ1v) is 10.1. The number of amides is 1. The number of fused-ring (bicyclic) bond motifs is 3. The van der Waals surface area contributed by atoms with Crippen molar-refractivity contribution in [3.63, 3.8) is 0 Å². The molecule has 2 aromatic carbocycles. The van der Waals surface area contributed by atoms with Gasteiger partial charge in [0.15, 0.2) is 0 Å². The van der Waals surface area contributed by atoms with Gasteiger partial charge >= 0.3 is 12.1 Å². The van der Waals surface area contributed by atoms with Crippen LogP contribution in [0.25, 0.3) is 17.2 Å². The standard InChI is InChI=1S/C24H19ClN2O4/c25-22-15(12-16(13-27-22)23(28)29)6-5-11-26-24(30)31-14-21-19-9-3-1-7-17(19)18-8-2-4-10-20(18)21/h1-10,12-13,21H,11,14H2,(H,26,30)(H,28,29). The number of ether oxygens (including phenoxy) is 1. The van der Waals surface area contributed by atoms with E-state index in [9.17, 15) is 9.59 Å². The summed E-state index contributed by atoms with van der Waals surface area (Å²) in [5.41, 5.74) is 5.13. The van der Waals surface area contributed by atoms with Crippen LogP contribution in [-0.2, 0) is 4.74 Å². The normalized spacial score (nSPS) is 12.4. The van der Waals surface area contributed by atoms with Gasteiger partial charge in [-0.25, -0.2) is 14.6 Å². The molecule has 4 rings (SSSR count). The second-order valence-corrected chi connectivity index (χ2v) is 7.38. The van der Waals surface area contributed by atoms with Gasteiger partial charge in [0.25, 0.3) is 0 Å². The minimum Gasteiger partial charge on any atom is -0.478 e. The third-order valence-electron chi connectivity index (χ3n) is 5.12. The summed E-state index contributed by atoms with van der Waals surface area (Å²) in [5, 5.41) is 11.9. The predicted octanol–water partition coefficient (Wildman–Crippen LogP) is 4.99. The van der Waals surface area contributed by atoms with Gasteiger partial charge in [-0.3, -0.25) is 0 Å². The number of aromatic nitrogens is 1. The van der Waals surface area contributed by atoms with Crippen molar-refractivity contribution < 1.29 is 19.4 Å². The Morgan fingerprint density at radius 2 is 1.74 bits per heavy atom. The van der Waals surface area contributed by atoms with Crippen molar-refractivity contribution in [1.82, 2.24) is 10.3 Å². The number of hydrogen-bond acceptors (Lipinski definition) is 4. The summed E-state index contributed by atoms with van der Waals surface area (Å²) in [5.74, 6) is -1.09. The van der Waals surface area contributed by atoms with Crippen LogP contribution in [0.1, 0.15) is 33.0 Å². The summed E-state index contributed by atoms with van der Waals surface area (Å²) in [4.78, 5) is 27.0. The van der Waals surface area contributed by atoms with Crippen LogP contribution >= 0.6 is 11.6 Å². The number of carbonyl (C=O) groups excluding carboxylic acids is 1. The van der Waals surface area contributed by atoms with E-state index in [1.54, 1.807) is 12.2 Å². The van der Waals surface area contributed by atoms with Crippen molar-refractivity contribution in [1.29, 1.82) is 0 Å². The molecule has 1 amide bonds. The number of hydrogen-bond donors (Lipinski definition) is 2. The highest BCUT2D eigenvalue weighted by Crippen LogP contribution is 2.44. The molecule has 0 aliphatic heterocycles. The molecular formula is C24H19ClN2O4. The first kappa shape index (κ1) is 20.6. The summed E-state index contributed by atoms with van der Waals surface area (Å²) < 4.78 is 5.47. The van der Waals surface area contributed by atoms with Crippen molar-refractivity contribution >= 4 is 29.7 Å². The Kier molecular flexibility index (Phi) is 6.00. The number of carboxylic acids is 1. The summed E-state index contributed by atoms with van der Waals surface area (Å²) in [7, 11) is 0. The van der Waals surface area contributed by atoms with Crippen LogP contribution in [-0.4, -0.2) is 35.3 Å². The number of halogens is 1. The van der Waals surface area contributed by atoms with Gasteiger partial charge in [0.1, 0.15) is 11.8 Å². The quantitative estimate of drug-likeness (QED) is 0.534. The lowest BCUT2D eigenvalue weighted by Crippen LogP contribution is -2.26. The van der Waals surface area contributed by atoms with E-state index in [0.717, 1.165) is 11.1 Å². The van der Waals surface area contributed by atoms with Crippen molar-refractivity contribution in [2.24, 2.45) is 0 Å². The zero-order valence-electron chi connectivity index (χ0n) is 16.4. The fraction of sp³-hybridized carbons (Fsp3) is 0.125. The number of pyridine rings is 1. The van der Waals surface area contributed by atoms with Crippen LogP contribution in [0, 0.1) is 0 Å². The number of alkyl carbamates (subject to hydrolysis) is 1. The lowest BCUT2D eigenvalue weighted by molar-refractivity contribution is 0.0696. The van der Waals surface area contributed by atoms with Gasteiger partial charge in [0, 0.05) is 24.2 Å². The average Bonchev–Trinajstić information content (AvgIpc) is 3.10. The van der Waals surface area contributed by atoms with E-state index in [0.29, 0.717) is 5.56 Å². The fourth-order valence-electron chi connectivity index (χ4n) is 3.68. The lowest BCUT2D eigenvalue weighted by Gasteiger charge is -2.14. The first-order valence-electron chi connectivity index (χ1n) is 9.69. The van der Waals surface area contributed by atoms with Gasteiger partial charge in [-0.2, -0.15) is 0 Å². The number of carboxylic acid groups (broad SMARTS) is 1. The van der Waals surface area contributed by atoms with Crippen LogP contribution < -0.4 is 5.32 Å². The van der Waals surface area contributed by atoms with E-state index in [-0.39, 0.29) is 29.8 Å². The second-order valence-electron chi connectivity index (χ2n) is 7.02. The molecule has 0 unspecified atom stereocenters. The molecule has 0 bridgehead atoms. The minimum absolute atomic E-state index is 0.00247. The third kappa shape index (κ3) is 4.44. The van der Waals surface area contributed by atoms with Gasteiger partial charge in [-0.15, -0.1) is 0 Å². The summed E-state index contributed by atoms with van der Waals surface area (Å²) in [6.45, 7) is 0.435. The van der Waals surface area contributed by atoms with Gasteiger partial charge in [0.05, 0.1) is 5.56 Å². The van der Waals surface area contributed by atoms with E-state index >= 15 is 0 Å². The van der Waals surface area contributed by atoms with Crippen LogP contribution in [0.5, 0.6) is 0 Å². The molecule has 3 aromatic rings. The molecule has 1 aliphatic rings. The zero-order chi connectivity index (χ0) is 21.8. The molecule has 0 atom stereocenters. The second kappa shape index (κ2) is 9.02. The maximum absolute atomic E-state index is 12.2. The summed E-state index contributed by atoms with van der Waals surface area (Å²) in [6, 6.07) is 17.7. The van der Waals surface area contributed by atoms with Gasteiger partial charge in [0.2, 0.25) is 0 Å². The molecule has 0 spiro atoms. The van der Waals surface area contributed by atoms with Gasteiger partial charge in [-0.05, 0) is 28.3 Å². The smallest absolute Gasteiger partial charge is 0.407 e. The van der Waals surface area contributed by atoms with Crippen molar-refractivity contribution in [2.45, 2.75) is 5.92 Å². The molecule has 1 aliphatic carbocycles. The van der Waals surface area contributed by atoms with Crippen LogP contribution in [0.2, 0.25) is 5.15 Å². The fourth-order valence-corrected chi connectivity index (χ4v) is 3.84. The Morgan fingerprint density at radius 3 is 2.39 bits per heavy atom. The van der Waals surface area contributed by atoms with Crippen LogP contribution in [0.3, 0.4) is 0 Å². The maximum Gasteiger partial charge on any atom is 0.407 e. The molecule has 0 fully saturated rings. The van der Waals surface area contributed by atoms with Crippen molar-refractivity contribution in [3.05, 3.63) is 94.3 Å². The SMILES string of the molecule is O=C(NCC=Cc1cc(C(=O)O)cnc1Cl)OCC1c2ccccc2-c2ccccc21. The largest absolute Gasteiger partial charge is 0.478 e. The number of aromatic carboxylic acids is 1. The highest BCUT2D eigenvalue weighted by Gasteiger charge is 2.28. The van der Waals surface area contributed by atoms with E-state index in [1.807, 2.05) is 24.3 Å². The molecule has 2 N–H and O–H groups in total. The number of nitrogens with zero attached hydrogens (tertiary/aromatic N) is 1. The van der Waals surface area contributed by atoms with E-state index in [2.05, 4.69) is 34.6 Å². The Morgan fingerprint density at radius 1 is 1.10 bits per heavy atom. The van der Waals surface area contributed by atoms with Gasteiger partial charge < -0.3 is 15.2 Å². The molecular weight excluding hydrogens is 416 g/mol. The topological polar surface area (TPSA) is 88.5 Å². The highest BCUT2D eigenvalue weighted by atomic mass is 35.5. The Bertz CT molecular complexity index is 1130. The van der Waals surface area contributed by atoms with E-state index in [1.165, 1.54) is 23.4 Å².